The minimum atomic E-state index is -0.984. The van der Waals surface area contributed by atoms with Gasteiger partial charge in [-0.1, -0.05) is 58.9 Å². The van der Waals surface area contributed by atoms with Crippen LogP contribution in [0.5, 0.6) is 0 Å². The Balaban J connectivity index is 1.16. The zero-order valence-corrected chi connectivity index (χ0v) is 34.9. The number of nitrogens with one attached hydrogen (secondary N) is 2. The van der Waals surface area contributed by atoms with Crippen molar-refractivity contribution >= 4 is 23.8 Å². The summed E-state index contributed by atoms with van der Waals surface area (Å²) >= 11 is 0. The molecule has 0 radical (unpaired) electrons. The van der Waals surface area contributed by atoms with E-state index in [-0.39, 0.29) is 52.4 Å². The van der Waals surface area contributed by atoms with Crippen LogP contribution >= 0.6 is 0 Å². The van der Waals surface area contributed by atoms with Gasteiger partial charge in [-0.3, -0.25) is 14.4 Å². The van der Waals surface area contributed by atoms with E-state index in [1.807, 2.05) is 6.07 Å². The summed E-state index contributed by atoms with van der Waals surface area (Å²) in [4.78, 5) is 51.9. The molecule has 9 nitrogen and oxygen atoms in total. The molecule has 0 aliphatic heterocycles. The van der Waals surface area contributed by atoms with Crippen LogP contribution in [-0.2, 0) is 30.3 Å². The number of hydrogen-bond acceptors (Lipinski definition) is 7. The van der Waals surface area contributed by atoms with E-state index in [4.69, 9.17) is 4.74 Å². The van der Waals surface area contributed by atoms with E-state index < -0.39 is 29.3 Å². The average molecular weight is 761 g/mol. The normalized spacial score (nSPS) is 37.8. The number of allylic oxidation sites excluding steroid dienone is 1. The van der Waals surface area contributed by atoms with E-state index in [2.05, 4.69) is 63.5 Å². The third-order valence-electron chi connectivity index (χ3n) is 17.0. The minimum Gasteiger partial charge on any atom is -0.469 e. The first-order chi connectivity index (χ1) is 25.9. The van der Waals surface area contributed by atoms with Gasteiger partial charge in [0.05, 0.1) is 25.7 Å². The number of hydrogen-bond donors (Lipinski definition) is 3. The van der Waals surface area contributed by atoms with Crippen molar-refractivity contribution in [1.29, 1.82) is 0 Å². The molecule has 1 aromatic rings. The van der Waals surface area contributed by atoms with E-state index in [1.165, 1.54) is 39.1 Å². The highest BCUT2D eigenvalue weighted by Crippen LogP contribution is 2.77. The second-order valence-corrected chi connectivity index (χ2v) is 19.6. The topological polar surface area (TPSA) is 131 Å². The number of aliphatic hydroxyl groups excluding tert-OH is 1. The zero-order valence-electron chi connectivity index (χ0n) is 34.9. The van der Waals surface area contributed by atoms with Crippen LogP contribution in [0, 0.1) is 56.7 Å². The first-order valence-electron chi connectivity index (χ1n) is 21.1. The summed E-state index contributed by atoms with van der Waals surface area (Å²) in [6, 6.07) is 6.24. The SMILES string of the molecule is C=C(C)[C@@H]1CC[C@]2(C(=O)NCCc3cccc(C(=O)NC(CCC(=O)OC)C(=O)OC)c3)CC[C@]3(C)C(CCC4[C@@]5(C)CC[C@H](O)C(C)(C)C5CC[C@]43C)C12. The van der Waals surface area contributed by atoms with Gasteiger partial charge in [-0.2, -0.15) is 0 Å². The third kappa shape index (κ3) is 6.86. The monoisotopic (exact) mass is 761 g/mol. The van der Waals surface area contributed by atoms with E-state index in [0.717, 1.165) is 50.5 Å². The van der Waals surface area contributed by atoms with Gasteiger partial charge in [0, 0.05) is 18.5 Å². The van der Waals surface area contributed by atoms with Crippen molar-refractivity contribution in [3.05, 3.63) is 47.5 Å². The fourth-order valence-electron chi connectivity index (χ4n) is 13.9. The fourth-order valence-corrected chi connectivity index (χ4v) is 13.9. The molecule has 5 fully saturated rings. The highest BCUT2D eigenvalue weighted by molar-refractivity contribution is 5.97. The van der Waals surface area contributed by atoms with Crippen molar-refractivity contribution in [3.8, 4) is 0 Å². The molecule has 6 rings (SSSR count). The van der Waals surface area contributed by atoms with Crippen molar-refractivity contribution < 1.29 is 33.8 Å². The molecule has 5 aliphatic rings. The van der Waals surface area contributed by atoms with Gasteiger partial charge in [0.15, 0.2) is 0 Å². The van der Waals surface area contributed by atoms with Crippen LogP contribution < -0.4 is 10.6 Å². The average Bonchev–Trinajstić information content (AvgIpc) is 3.56. The molecule has 1 aromatic carbocycles. The molecule has 55 heavy (non-hydrogen) atoms. The Morgan fingerprint density at radius 3 is 2.33 bits per heavy atom. The minimum absolute atomic E-state index is 0.0321. The molecule has 5 unspecified atom stereocenters. The molecular formula is C46H68N2O7. The van der Waals surface area contributed by atoms with Crippen molar-refractivity contribution in [2.24, 2.45) is 56.7 Å². The standard InChI is InChI=1S/C46H68N2O7/c1-28(2)31-17-23-46(41(53)47-26-20-29-11-10-12-30(27-29)39(51)48-33(40(52)55-9)14-16-37(50)54-8)25-24-44(6)32(38(31)46)13-15-35-43(5)21-19-36(49)42(3,4)34(43)18-22-45(35,44)7/h10-12,27,31-36,38,49H,1,13-26H2,2-9H3,(H,47,53)(H,48,51)/t31-,32?,33?,34?,35?,36-,38?,43-,44+,45+,46-/m0/s1. The number of ether oxygens (including phenoxy) is 2. The summed E-state index contributed by atoms with van der Waals surface area (Å²) in [6.07, 6.45) is 10.9. The quantitative estimate of drug-likeness (QED) is 0.157. The maximum Gasteiger partial charge on any atom is 0.328 e. The first-order valence-corrected chi connectivity index (χ1v) is 21.1. The predicted molar refractivity (Wildman–Crippen MR) is 213 cm³/mol. The number of amides is 2. The van der Waals surface area contributed by atoms with E-state index in [1.54, 1.807) is 18.2 Å². The van der Waals surface area contributed by atoms with Crippen molar-refractivity contribution in [2.75, 3.05) is 20.8 Å². The van der Waals surface area contributed by atoms with Crippen LogP contribution in [0.15, 0.2) is 36.4 Å². The van der Waals surface area contributed by atoms with E-state index in [0.29, 0.717) is 42.2 Å². The molecule has 0 heterocycles. The van der Waals surface area contributed by atoms with Gasteiger partial charge in [0.1, 0.15) is 6.04 Å². The lowest BCUT2D eigenvalue weighted by Gasteiger charge is -2.72. The van der Waals surface area contributed by atoms with Gasteiger partial charge < -0.3 is 25.2 Å². The van der Waals surface area contributed by atoms with Crippen LogP contribution in [0.4, 0.5) is 0 Å². The van der Waals surface area contributed by atoms with Gasteiger partial charge in [0.25, 0.3) is 5.91 Å². The summed E-state index contributed by atoms with van der Waals surface area (Å²) in [7, 11) is 2.52. The summed E-state index contributed by atoms with van der Waals surface area (Å²) in [6.45, 7) is 19.6. The number of aliphatic hydroxyl groups is 1. The van der Waals surface area contributed by atoms with Crippen LogP contribution in [0.2, 0.25) is 0 Å². The highest BCUT2D eigenvalue weighted by atomic mass is 16.5. The van der Waals surface area contributed by atoms with Crippen molar-refractivity contribution in [2.45, 2.75) is 137 Å². The Bertz CT molecular complexity index is 1670. The number of rotatable bonds is 11. The molecule has 9 heteroatoms. The maximum atomic E-state index is 14.7. The Hall–Kier alpha value is -3.20. The first kappa shape index (κ1) is 41.4. The number of esters is 2. The second kappa shape index (κ2) is 15.3. The van der Waals surface area contributed by atoms with Crippen LogP contribution in [-0.4, -0.2) is 61.8 Å². The molecule has 11 atom stereocenters. The molecule has 5 aliphatic carbocycles. The fraction of sp³-hybridized carbons (Fsp3) is 0.739. The molecular weight excluding hydrogens is 693 g/mol. The predicted octanol–water partition coefficient (Wildman–Crippen LogP) is 7.59. The highest BCUT2D eigenvalue weighted by Gasteiger charge is 2.71. The van der Waals surface area contributed by atoms with Crippen LogP contribution in [0.3, 0.4) is 0 Å². The Morgan fingerprint density at radius 1 is 0.891 bits per heavy atom. The lowest BCUT2D eigenvalue weighted by atomic mass is 9.32. The van der Waals surface area contributed by atoms with Gasteiger partial charge >= 0.3 is 11.9 Å². The van der Waals surface area contributed by atoms with Crippen LogP contribution in [0.1, 0.15) is 135 Å². The maximum absolute atomic E-state index is 14.7. The van der Waals surface area contributed by atoms with Gasteiger partial charge in [0.2, 0.25) is 5.91 Å². The lowest BCUT2D eigenvalue weighted by molar-refractivity contribution is -0.246. The number of carbonyl (C=O) groups is 4. The van der Waals surface area contributed by atoms with Crippen molar-refractivity contribution in [1.82, 2.24) is 10.6 Å². The lowest BCUT2D eigenvalue weighted by Crippen LogP contribution is -2.67. The number of carbonyl (C=O) groups excluding carboxylic acids is 4. The third-order valence-corrected chi connectivity index (χ3v) is 17.0. The van der Waals surface area contributed by atoms with Crippen molar-refractivity contribution in [3.63, 3.8) is 0 Å². The summed E-state index contributed by atoms with van der Waals surface area (Å²) in [5.41, 5.74) is 2.54. The Labute approximate surface area is 329 Å². The molecule has 3 N–H and O–H groups in total. The molecule has 0 spiro atoms. The molecule has 0 bridgehead atoms. The largest absolute Gasteiger partial charge is 0.469 e. The molecule has 304 valence electrons. The summed E-state index contributed by atoms with van der Waals surface area (Å²) < 4.78 is 9.54. The van der Waals surface area contributed by atoms with E-state index in [9.17, 15) is 24.3 Å². The van der Waals surface area contributed by atoms with E-state index >= 15 is 0 Å². The number of benzene rings is 1. The van der Waals surface area contributed by atoms with Gasteiger partial charge in [-0.15, -0.1) is 0 Å². The molecule has 2 amide bonds. The second-order valence-electron chi connectivity index (χ2n) is 19.6. The number of methoxy groups -OCH3 is 2. The smallest absolute Gasteiger partial charge is 0.328 e. The summed E-state index contributed by atoms with van der Waals surface area (Å²) in [5.74, 6) is 0.828. The molecule has 0 aromatic heterocycles. The number of fused-ring (bicyclic) bond motifs is 7. The Morgan fingerprint density at radius 2 is 1.64 bits per heavy atom. The summed E-state index contributed by atoms with van der Waals surface area (Å²) in [5, 5.41) is 17.2. The van der Waals surface area contributed by atoms with Gasteiger partial charge in [-0.05, 0) is 153 Å². The van der Waals surface area contributed by atoms with Gasteiger partial charge in [-0.25, -0.2) is 4.79 Å². The van der Waals surface area contributed by atoms with Crippen LogP contribution in [0.25, 0.3) is 0 Å². The molecule has 5 saturated carbocycles. The molecule has 0 saturated heterocycles. The Kier molecular flexibility index (Phi) is 11.5. The zero-order chi connectivity index (χ0) is 40.1.